The number of aliphatic carboxylic acids is 1. The molecule has 0 aliphatic heterocycles. The molecule has 0 aliphatic rings. The molecule has 0 fully saturated rings. The number of ether oxygens (including phenoxy) is 4. The Bertz CT molecular complexity index is 1180. The van der Waals surface area contributed by atoms with Crippen molar-refractivity contribution in [1.29, 1.82) is 0 Å². The first kappa shape index (κ1) is 63.5. The first-order valence-corrected chi connectivity index (χ1v) is 27.6. The number of carboxylic acid groups (broad SMARTS) is 1. The van der Waals surface area contributed by atoms with E-state index in [1.54, 1.807) is 0 Å². The lowest BCUT2D eigenvalue weighted by Crippen LogP contribution is -2.44. The Labute approximate surface area is 407 Å². The van der Waals surface area contributed by atoms with Crippen LogP contribution in [0.15, 0.2) is 36.5 Å². The Morgan fingerprint density at radius 1 is 0.455 bits per heavy atom. The van der Waals surface area contributed by atoms with Crippen LogP contribution in [-0.4, -0.2) is 82.3 Å². The first-order chi connectivity index (χ1) is 32.1. The summed E-state index contributed by atoms with van der Waals surface area (Å²) in [6, 6.07) is 0. The number of esters is 2. The van der Waals surface area contributed by atoms with Crippen LogP contribution < -0.4 is 5.11 Å². The molecule has 9 nitrogen and oxygen atoms in total. The SMILES string of the molecule is CCCCC/C=C\CCCCCCCC(=O)OCC(COC(OCC[N+](C)(C)C)C(=O)[O-])OC(=O)CCCCCCCCCCCCCCCCCCC/C=C\C/C=C\CCCCCCC. The monoisotopic (exact) mass is 932 g/mol. The average Bonchev–Trinajstić information content (AvgIpc) is 3.28. The molecule has 66 heavy (non-hydrogen) atoms. The number of rotatable bonds is 51. The minimum atomic E-state index is -1.62. The Morgan fingerprint density at radius 2 is 0.818 bits per heavy atom. The van der Waals surface area contributed by atoms with Crippen LogP contribution in [-0.2, 0) is 33.3 Å². The van der Waals surface area contributed by atoms with Gasteiger partial charge < -0.3 is 33.3 Å². The summed E-state index contributed by atoms with van der Waals surface area (Å²) in [5.74, 6) is -2.29. The van der Waals surface area contributed by atoms with Gasteiger partial charge in [-0.05, 0) is 70.6 Å². The van der Waals surface area contributed by atoms with E-state index >= 15 is 0 Å². The summed E-state index contributed by atoms with van der Waals surface area (Å²) in [4.78, 5) is 37.1. The number of likely N-dealkylation sites (N-methyl/N-ethyl adjacent to an activating group) is 1. The third-order valence-electron chi connectivity index (χ3n) is 12.1. The summed E-state index contributed by atoms with van der Waals surface area (Å²) in [5.41, 5.74) is 0. The van der Waals surface area contributed by atoms with Crippen molar-refractivity contribution >= 4 is 17.9 Å². The fraction of sp³-hybridized carbons (Fsp3) is 0.842. The lowest BCUT2D eigenvalue weighted by Gasteiger charge is -2.26. The number of carbonyl (C=O) groups excluding carboxylic acids is 3. The van der Waals surface area contributed by atoms with Gasteiger partial charge in [-0.25, -0.2) is 0 Å². The predicted molar refractivity (Wildman–Crippen MR) is 274 cm³/mol. The molecule has 0 heterocycles. The summed E-state index contributed by atoms with van der Waals surface area (Å²) in [6.45, 7) is 4.72. The standard InChI is InChI=1S/C57H105NO8/c1-6-8-10-12-14-16-18-20-21-22-23-24-25-26-27-28-29-30-31-32-33-34-35-36-38-40-42-44-46-48-55(60)66-53(52-65-57(56(61)62)63-50-49-58(3,4)5)51-64-54(59)47-45-43-41-39-37-19-17-15-13-11-9-7-2/h15,17-18,20,22-23,53,57H,6-14,16,19,21,24-52H2,1-5H3/b17-15-,20-18-,23-22-. The Kier molecular flexibility index (Phi) is 47.1. The summed E-state index contributed by atoms with van der Waals surface area (Å²) in [5, 5.41) is 11.7. The fourth-order valence-electron chi connectivity index (χ4n) is 7.80. The summed E-state index contributed by atoms with van der Waals surface area (Å²) < 4.78 is 22.6. The molecule has 0 saturated carbocycles. The quantitative estimate of drug-likeness (QED) is 0.0195. The summed E-state index contributed by atoms with van der Waals surface area (Å²) in [6.07, 6.45) is 54.9. The van der Waals surface area contributed by atoms with Gasteiger partial charge in [0.25, 0.3) is 0 Å². The molecule has 0 aliphatic carbocycles. The Balaban J connectivity index is 4.13. The van der Waals surface area contributed by atoms with Crippen molar-refractivity contribution in [2.45, 2.75) is 264 Å². The van der Waals surface area contributed by atoms with Gasteiger partial charge in [0, 0.05) is 12.8 Å². The first-order valence-electron chi connectivity index (χ1n) is 27.6. The maximum Gasteiger partial charge on any atom is 0.306 e. The maximum absolute atomic E-state index is 12.8. The number of carboxylic acids is 1. The van der Waals surface area contributed by atoms with E-state index in [4.69, 9.17) is 18.9 Å². The van der Waals surface area contributed by atoms with Crippen LogP contribution in [0.5, 0.6) is 0 Å². The Hall–Kier alpha value is -2.49. The number of carbonyl (C=O) groups is 3. The van der Waals surface area contributed by atoms with Crippen molar-refractivity contribution in [3.05, 3.63) is 36.5 Å². The highest BCUT2D eigenvalue weighted by atomic mass is 16.7. The molecule has 0 rings (SSSR count). The van der Waals surface area contributed by atoms with E-state index in [0.717, 1.165) is 57.8 Å². The molecule has 2 unspecified atom stereocenters. The highest BCUT2D eigenvalue weighted by Gasteiger charge is 2.22. The zero-order valence-corrected chi connectivity index (χ0v) is 43.8. The minimum absolute atomic E-state index is 0.148. The molecule has 0 radical (unpaired) electrons. The second-order valence-corrected chi connectivity index (χ2v) is 19.9. The zero-order chi connectivity index (χ0) is 48.4. The van der Waals surface area contributed by atoms with Crippen LogP contribution in [0.4, 0.5) is 0 Å². The van der Waals surface area contributed by atoms with Gasteiger partial charge in [0.2, 0.25) is 0 Å². The van der Waals surface area contributed by atoms with Crippen LogP contribution in [0.25, 0.3) is 0 Å². The number of allylic oxidation sites excluding steroid dienone is 6. The van der Waals surface area contributed by atoms with Gasteiger partial charge >= 0.3 is 11.9 Å². The highest BCUT2D eigenvalue weighted by Crippen LogP contribution is 2.16. The largest absolute Gasteiger partial charge is 0.545 e. The molecule has 0 aromatic rings. The van der Waals surface area contributed by atoms with Crippen molar-refractivity contribution in [3.63, 3.8) is 0 Å². The number of hydrogen-bond acceptors (Lipinski definition) is 8. The van der Waals surface area contributed by atoms with Crippen molar-refractivity contribution in [2.75, 3.05) is 47.5 Å². The second kappa shape index (κ2) is 48.9. The van der Waals surface area contributed by atoms with Gasteiger partial charge in [0.05, 0.1) is 40.3 Å². The van der Waals surface area contributed by atoms with E-state index in [0.29, 0.717) is 17.4 Å². The van der Waals surface area contributed by atoms with E-state index in [-0.39, 0.29) is 38.6 Å². The normalized spacial score (nSPS) is 13.0. The van der Waals surface area contributed by atoms with Gasteiger partial charge in [-0.1, -0.05) is 204 Å². The van der Waals surface area contributed by atoms with E-state index < -0.39 is 24.3 Å². The molecular formula is C57H105NO8. The van der Waals surface area contributed by atoms with Crippen LogP contribution in [0.2, 0.25) is 0 Å². The van der Waals surface area contributed by atoms with Gasteiger partial charge in [-0.15, -0.1) is 0 Å². The average molecular weight is 932 g/mol. The van der Waals surface area contributed by atoms with Crippen molar-refractivity contribution in [1.82, 2.24) is 0 Å². The summed E-state index contributed by atoms with van der Waals surface area (Å²) in [7, 11) is 5.92. The highest BCUT2D eigenvalue weighted by molar-refractivity contribution is 5.70. The molecule has 0 aromatic heterocycles. The smallest absolute Gasteiger partial charge is 0.306 e. The Morgan fingerprint density at radius 3 is 1.24 bits per heavy atom. The van der Waals surface area contributed by atoms with E-state index in [1.807, 2.05) is 21.1 Å². The molecule has 0 aromatic carbocycles. The van der Waals surface area contributed by atoms with Gasteiger partial charge in [0.15, 0.2) is 12.4 Å². The predicted octanol–water partition coefficient (Wildman–Crippen LogP) is 14.4. The lowest BCUT2D eigenvalue weighted by atomic mass is 10.0. The number of quaternary nitrogens is 1. The van der Waals surface area contributed by atoms with Gasteiger partial charge in [0.1, 0.15) is 13.2 Å². The topological polar surface area (TPSA) is 111 Å². The molecule has 2 atom stereocenters. The van der Waals surface area contributed by atoms with Crippen molar-refractivity contribution in [3.8, 4) is 0 Å². The zero-order valence-electron chi connectivity index (χ0n) is 43.8. The minimum Gasteiger partial charge on any atom is -0.545 e. The number of nitrogens with zero attached hydrogens (tertiary/aromatic N) is 1. The van der Waals surface area contributed by atoms with E-state index in [1.165, 1.54) is 161 Å². The van der Waals surface area contributed by atoms with Crippen LogP contribution in [0.1, 0.15) is 251 Å². The van der Waals surface area contributed by atoms with Crippen molar-refractivity contribution < 1.29 is 42.9 Å². The van der Waals surface area contributed by atoms with E-state index in [2.05, 4.69) is 50.3 Å². The van der Waals surface area contributed by atoms with Crippen molar-refractivity contribution in [2.24, 2.45) is 0 Å². The van der Waals surface area contributed by atoms with E-state index in [9.17, 15) is 19.5 Å². The van der Waals surface area contributed by atoms with Crippen LogP contribution in [0, 0.1) is 0 Å². The molecular weight excluding hydrogens is 827 g/mol. The molecule has 0 amide bonds. The van der Waals surface area contributed by atoms with Crippen LogP contribution >= 0.6 is 0 Å². The summed E-state index contributed by atoms with van der Waals surface area (Å²) >= 11 is 0. The molecule has 0 bridgehead atoms. The second-order valence-electron chi connectivity index (χ2n) is 19.9. The third-order valence-corrected chi connectivity index (χ3v) is 12.1. The molecule has 0 N–H and O–H groups in total. The molecule has 9 heteroatoms. The van der Waals surface area contributed by atoms with Crippen LogP contribution in [0.3, 0.4) is 0 Å². The number of unbranched alkanes of at least 4 members (excludes halogenated alkanes) is 30. The number of hydrogen-bond donors (Lipinski definition) is 0. The molecule has 386 valence electrons. The van der Waals surface area contributed by atoms with Gasteiger partial charge in [-0.3, -0.25) is 9.59 Å². The molecule has 0 spiro atoms. The lowest BCUT2D eigenvalue weighted by molar-refractivity contribution is -0.870. The fourth-order valence-corrected chi connectivity index (χ4v) is 7.80. The third kappa shape index (κ3) is 49.4. The maximum atomic E-state index is 12.8. The van der Waals surface area contributed by atoms with Gasteiger partial charge in [-0.2, -0.15) is 0 Å². The molecule has 0 saturated heterocycles.